The van der Waals surface area contributed by atoms with Gasteiger partial charge in [-0.3, -0.25) is 0 Å². The molecule has 0 fully saturated rings. The molecule has 1 aromatic rings. The lowest BCUT2D eigenvalue weighted by Crippen LogP contribution is -2.24. The minimum absolute atomic E-state index is 0.645. The Bertz CT molecular complexity index is 322. The van der Waals surface area contributed by atoms with Crippen molar-refractivity contribution in [3.63, 3.8) is 0 Å². The summed E-state index contributed by atoms with van der Waals surface area (Å²) in [6, 6.07) is 8.74. The second-order valence-electron chi connectivity index (χ2n) is 4.90. The fraction of sp³-hybridized carbons (Fsp3) is 0.600. The van der Waals surface area contributed by atoms with Gasteiger partial charge in [0.05, 0.1) is 0 Å². The molecule has 2 heteroatoms. The maximum Gasteiger partial charge on any atom is 0.0368 e. The average Bonchev–Trinajstić information content (AvgIpc) is 2.34. The van der Waals surface area contributed by atoms with Gasteiger partial charge in [0.25, 0.3) is 0 Å². The maximum absolute atomic E-state index is 5.64. The molecule has 0 amide bonds. The molecule has 0 saturated carbocycles. The number of aryl methyl sites for hydroxylation is 1. The molecule has 0 spiro atoms. The molecule has 0 bridgehead atoms. The predicted molar refractivity (Wildman–Crippen MR) is 76.5 cm³/mol. The molecule has 0 aliphatic carbocycles. The fourth-order valence-electron chi connectivity index (χ4n) is 2.04. The largest absolute Gasteiger partial charge is 0.372 e. The first-order chi connectivity index (χ1) is 8.17. The van der Waals surface area contributed by atoms with E-state index in [-0.39, 0.29) is 0 Å². The van der Waals surface area contributed by atoms with Crippen LogP contribution in [-0.2, 0) is 0 Å². The van der Waals surface area contributed by atoms with Crippen molar-refractivity contribution >= 4 is 5.69 Å². The number of benzene rings is 1. The average molecular weight is 234 g/mol. The van der Waals surface area contributed by atoms with Crippen LogP contribution in [0, 0.1) is 12.8 Å². The van der Waals surface area contributed by atoms with Gasteiger partial charge < -0.3 is 10.6 Å². The molecule has 1 unspecified atom stereocenters. The van der Waals surface area contributed by atoms with Gasteiger partial charge in [-0.05, 0) is 56.8 Å². The van der Waals surface area contributed by atoms with Gasteiger partial charge in [0.15, 0.2) is 0 Å². The van der Waals surface area contributed by atoms with E-state index in [0.29, 0.717) is 5.92 Å². The van der Waals surface area contributed by atoms with E-state index in [9.17, 15) is 0 Å². The maximum atomic E-state index is 5.64. The highest BCUT2D eigenvalue weighted by molar-refractivity contribution is 5.48. The van der Waals surface area contributed by atoms with Crippen LogP contribution in [0.25, 0.3) is 0 Å². The van der Waals surface area contributed by atoms with E-state index in [1.807, 2.05) is 0 Å². The van der Waals surface area contributed by atoms with Crippen LogP contribution < -0.4 is 10.6 Å². The van der Waals surface area contributed by atoms with Gasteiger partial charge in [-0.1, -0.05) is 19.1 Å². The van der Waals surface area contributed by atoms with E-state index in [1.165, 1.54) is 24.1 Å². The second kappa shape index (κ2) is 7.33. The molecule has 0 heterocycles. The summed E-state index contributed by atoms with van der Waals surface area (Å²) in [5.74, 6) is 0.645. The molecule has 1 rings (SSSR count). The fourth-order valence-corrected chi connectivity index (χ4v) is 2.04. The molecule has 0 aromatic heterocycles. The summed E-state index contributed by atoms with van der Waals surface area (Å²) in [4.78, 5) is 2.44. The van der Waals surface area contributed by atoms with Crippen LogP contribution in [0.4, 0.5) is 5.69 Å². The van der Waals surface area contributed by atoms with Crippen LogP contribution in [0.3, 0.4) is 0 Å². The Morgan fingerprint density at radius 2 is 2.12 bits per heavy atom. The molecule has 1 atom stereocenters. The van der Waals surface area contributed by atoms with Gasteiger partial charge in [0, 0.05) is 18.8 Å². The molecule has 2 N–H and O–H groups in total. The summed E-state index contributed by atoms with van der Waals surface area (Å²) in [5, 5.41) is 0. The monoisotopic (exact) mass is 234 g/mol. The third-order valence-corrected chi connectivity index (χ3v) is 3.28. The Morgan fingerprint density at radius 1 is 1.35 bits per heavy atom. The Hall–Kier alpha value is -1.02. The number of hydrogen-bond acceptors (Lipinski definition) is 2. The first-order valence-electron chi connectivity index (χ1n) is 6.69. The third-order valence-electron chi connectivity index (χ3n) is 3.28. The number of rotatable bonds is 7. The molecule has 1 aromatic carbocycles. The lowest BCUT2D eigenvalue weighted by atomic mass is 10.1. The second-order valence-corrected chi connectivity index (χ2v) is 4.90. The zero-order valence-electron chi connectivity index (χ0n) is 11.4. The van der Waals surface area contributed by atoms with E-state index in [4.69, 9.17) is 5.73 Å². The Balaban J connectivity index is 2.48. The molecule has 0 radical (unpaired) electrons. The summed E-state index contributed by atoms with van der Waals surface area (Å²) in [7, 11) is 0. The topological polar surface area (TPSA) is 29.3 Å². The van der Waals surface area contributed by atoms with E-state index >= 15 is 0 Å². The van der Waals surface area contributed by atoms with Crippen molar-refractivity contribution in [2.75, 3.05) is 24.5 Å². The van der Waals surface area contributed by atoms with Crippen molar-refractivity contribution in [2.24, 2.45) is 11.7 Å². The number of hydrogen-bond donors (Lipinski definition) is 1. The summed E-state index contributed by atoms with van der Waals surface area (Å²) in [6.07, 6.45) is 2.44. The minimum atomic E-state index is 0.645. The van der Waals surface area contributed by atoms with Crippen LogP contribution in [0.2, 0.25) is 0 Å². The quantitative estimate of drug-likeness (QED) is 0.785. The third kappa shape index (κ3) is 4.78. The standard InChI is InChI=1S/C15H26N2/c1-4-17(10-6-8-14(3)12-16)15-9-5-7-13(2)11-15/h5,7,9,11,14H,4,6,8,10,12,16H2,1-3H3. The zero-order chi connectivity index (χ0) is 12.7. The van der Waals surface area contributed by atoms with Crippen molar-refractivity contribution in [1.82, 2.24) is 0 Å². The van der Waals surface area contributed by atoms with E-state index in [2.05, 4.69) is 49.9 Å². The zero-order valence-corrected chi connectivity index (χ0v) is 11.4. The Morgan fingerprint density at radius 3 is 2.71 bits per heavy atom. The summed E-state index contributed by atoms with van der Waals surface area (Å²) in [5.41, 5.74) is 8.31. The lowest BCUT2D eigenvalue weighted by Gasteiger charge is -2.24. The highest BCUT2D eigenvalue weighted by atomic mass is 15.1. The Labute approximate surface area is 106 Å². The highest BCUT2D eigenvalue weighted by Crippen LogP contribution is 2.16. The van der Waals surface area contributed by atoms with Crippen LogP contribution in [0.5, 0.6) is 0 Å². The Kier molecular flexibility index (Phi) is 6.06. The number of nitrogens with two attached hydrogens (primary N) is 1. The molecule has 2 nitrogen and oxygen atoms in total. The summed E-state index contributed by atoms with van der Waals surface area (Å²) in [6.45, 7) is 9.59. The molecular formula is C15H26N2. The van der Waals surface area contributed by atoms with E-state index in [1.54, 1.807) is 0 Å². The molecule has 0 saturated heterocycles. The lowest BCUT2D eigenvalue weighted by molar-refractivity contribution is 0.518. The molecule has 17 heavy (non-hydrogen) atoms. The smallest absolute Gasteiger partial charge is 0.0368 e. The van der Waals surface area contributed by atoms with Gasteiger partial charge in [0.1, 0.15) is 0 Å². The van der Waals surface area contributed by atoms with Crippen molar-refractivity contribution in [3.8, 4) is 0 Å². The first-order valence-corrected chi connectivity index (χ1v) is 6.69. The van der Waals surface area contributed by atoms with Crippen LogP contribution in [0.1, 0.15) is 32.3 Å². The van der Waals surface area contributed by atoms with Crippen molar-refractivity contribution in [1.29, 1.82) is 0 Å². The van der Waals surface area contributed by atoms with Gasteiger partial charge in [-0.25, -0.2) is 0 Å². The SMILES string of the molecule is CCN(CCCC(C)CN)c1cccc(C)c1. The predicted octanol–water partition coefficient (Wildman–Crippen LogP) is 3.20. The highest BCUT2D eigenvalue weighted by Gasteiger charge is 2.05. The van der Waals surface area contributed by atoms with Crippen LogP contribution in [-0.4, -0.2) is 19.6 Å². The van der Waals surface area contributed by atoms with Gasteiger partial charge in [-0.2, -0.15) is 0 Å². The van der Waals surface area contributed by atoms with Crippen LogP contribution in [0.15, 0.2) is 24.3 Å². The normalized spacial score (nSPS) is 12.5. The number of anilines is 1. The van der Waals surface area contributed by atoms with Gasteiger partial charge in [0.2, 0.25) is 0 Å². The van der Waals surface area contributed by atoms with E-state index < -0.39 is 0 Å². The summed E-state index contributed by atoms with van der Waals surface area (Å²) >= 11 is 0. The molecular weight excluding hydrogens is 208 g/mol. The van der Waals surface area contributed by atoms with Crippen LogP contribution >= 0.6 is 0 Å². The number of nitrogens with zero attached hydrogens (tertiary/aromatic N) is 1. The molecule has 0 aliphatic heterocycles. The van der Waals surface area contributed by atoms with Gasteiger partial charge in [-0.15, -0.1) is 0 Å². The van der Waals surface area contributed by atoms with Crippen molar-refractivity contribution < 1.29 is 0 Å². The summed E-state index contributed by atoms with van der Waals surface area (Å²) < 4.78 is 0. The van der Waals surface area contributed by atoms with E-state index in [0.717, 1.165) is 19.6 Å². The van der Waals surface area contributed by atoms with Crippen molar-refractivity contribution in [2.45, 2.75) is 33.6 Å². The van der Waals surface area contributed by atoms with Crippen molar-refractivity contribution in [3.05, 3.63) is 29.8 Å². The minimum Gasteiger partial charge on any atom is -0.372 e. The van der Waals surface area contributed by atoms with Gasteiger partial charge >= 0.3 is 0 Å². The first kappa shape index (κ1) is 14.0. The molecule has 96 valence electrons. The molecule has 0 aliphatic rings.